The first-order valence-electron chi connectivity index (χ1n) is 6.19. The predicted octanol–water partition coefficient (Wildman–Crippen LogP) is 1.09. The van der Waals surface area contributed by atoms with Crippen molar-refractivity contribution in [3.8, 4) is 0 Å². The molecule has 1 N–H and O–H groups in total. The second-order valence-electron chi connectivity index (χ2n) is 4.20. The Labute approximate surface area is 115 Å². The topological polar surface area (TPSA) is 77.5 Å². The van der Waals surface area contributed by atoms with Gasteiger partial charge in [-0.25, -0.2) is 9.78 Å². The Morgan fingerprint density at radius 1 is 1.63 bits per heavy atom. The largest absolute Gasteiger partial charge is 0.461 e. The van der Waals surface area contributed by atoms with Gasteiger partial charge < -0.3 is 14.8 Å². The molecule has 1 saturated heterocycles. The van der Waals surface area contributed by atoms with Gasteiger partial charge in [-0.3, -0.25) is 4.79 Å². The van der Waals surface area contributed by atoms with Crippen LogP contribution in [0.25, 0.3) is 0 Å². The van der Waals surface area contributed by atoms with Crippen LogP contribution in [0.4, 0.5) is 0 Å². The van der Waals surface area contributed by atoms with Crippen LogP contribution in [-0.2, 0) is 9.47 Å². The Hall–Kier alpha value is -1.47. The van der Waals surface area contributed by atoms with E-state index in [9.17, 15) is 9.59 Å². The highest BCUT2D eigenvalue weighted by Gasteiger charge is 2.19. The Morgan fingerprint density at radius 2 is 2.47 bits per heavy atom. The van der Waals surface area contributed by atoms with Crippen LogP contribution in [0.5, 0.6) is 0 Å². The highest BCUT2D eigenvalue weighted by Crippen LogP contribution is 2.13. The van der Waals surface area contributed by atoms with Crippen molar-refractivity contribution >= 4 is 23.2 Å². The van der Waals surface area contributed by atoms with E-state index in [1.54, 1.807) is 12.3 Å². The molecule has 0 aromatic carbocycles. The Morgan fingerprint density at radius 3 is 3.16 bits per heavy atom. The summed E-state index contributed by atoms with van der Waals surface area (Å²) >= 11 is 1.11. The van der Waals surface area contributed by atoms with E-state index in [-0.39, 0.29) is 16.6 Å². The quantitative estimate of drug-likeness (QED) is 0.819. The van der Waals surface area contributed by atoms with Gasteiger partial charge in [0.2, 0.25) is 5.01 Å². The lowest BCUT2D eigenvalue weighted by Crippen LogP contribution is -2.29. The zero-order valence-corrected chi connectivity index (χ0v) is 11.5. The van der Waals surface area contributed by atoms with Crippen molar-refractivity contribution < 1.29 is 19.1 Å². The summed E-state index contributed by atoms with van der Waals surface area (Å²) in [5, 5.41) is 4.57. The molecule has 19 heavy (non-hydrogen) atoms. The summed E-state index contributed by atoms with van der Waals surface area (Å²) < 4.78 is 10.1. The molecule has 1 fully saturated rings. The van der Waals surface area contributed by atoms with Gasteiger partial charge in [0.1, 0.15) is 5.69 Å². The van der Waals surface area contributed by atoms with Gasteiger partial charge in [-0.05, 0) is 13.3 Å². The molecule has 0 aliphatic carbocycles. The fourth-order valence-electron chi connectivity index (χ4n) is 1.74. The van der Waals surface area contributed by atoms with Gasteiger partial charge in [0.25, 0.3) is 5.91 Å². The summed E-state index contributed by atoms with van der Waals surface area (Å²) in [5.41, 5.74) is 0.256. The van der Waals surface area contributed by atoms with Gasteiger partial charge in [0.05, 0.1) is 13.2 Å². The lowest BCUT2D eigenvalue weighted by atomic mass is 10.1. The Balaban J connectivity index is 1.86. The first kappa shape index (κ1) is 14.0. The molecular weight excluding hydrogens is 268 g/mol. The number of aromatic nitrogens is 1. The van der Waals surface area contributed by atoms with Crippen LogP contribution in [-0.4, -0.2) is 43.2 Å². The van der Waals surface area contributed by atoms with Crippen LogP contribution < -0.4 is 5.32 Å². The van der Waals surface area contributed by atoms with E-state index in [1.807, 2.05) is 0 Å². The van der Waals surface area contributed by atoms with Crippen molar-refractivity contribution in [2.45, 2.75) is 13.3 Å². The lowest BCUT2D eigenvalue weighted by molar-refractivity contribution is 0.0526. The Bertz CT molecular complexity index is 454. The number of carbonyl (C=O) groups excluding carboxylic acids is 2. The first-order chi connectivity index (χ1) is 9.20. The van der Waals surface area contributed by atoms with E-state index < -0.39 is 5.97 Å². The number of hydrogen-bond donors (Lipinski definition) is 1. The molecular formula is C12H16N2O4S. The van der Waals surface area contributed by atoms with Crippen LogP contribution in [0.1, 0.15) is 33.6 Å². The molecule has 1 aromatic heterocycles. The molecule has 0 bridgehead atoms. The van der Waals surface area contributed by atoms with E-state index in [2.05, 4.69) is 10.3 Å². The summed E-state index contributed by atoms with van der Waals surface area (Å²) in [6, 6.07) is 0. The summed E-state index contributed by atoms with van der Waals surface area (Å²) in [7, 11) is 0. The molecule has 0 radical (unpaired) electrons. The minimum Gasteiger partial charge on any atom is -0.461 e. The minimum atomic E-state index is -0.490. The molecule has 1 atom stereocenters. The lowest BCUT2D eigenvalue weighted by Gasteiger charge is -2.07. The standard InChI is InChI=1S/C12H16N2O4S/c1-2-18-12(16)11-14-9(7-19-11)10(15)13-5-8-3-4-17-6-8/h7-8H,2-6H2,1H3,(H,13,15). The van der Waals surface area contributed by atoms with E-state index in [0.29, 0.717) is 25.7 Å². The van der Waals surface area contributed by atoms with Gasteiger partial charge in [-0.1, -0.05) is 0 Å². The zero-order valence-electron chi connectivity index (χ0n) is 10.7. The van der Waals surface area contributed by atoms with Gasteiger partial charge in [0, 0.05) is 24.4 Å². The molecule has 1 amide bonds. The molecule has 2 rings (SSSR count). The molecule has 0 saturated carbocycles. The summed E-state index contributed by atoms with van der Waals surface area (Å²) in [5.74, 6) is -0.387. The number of hydrogen-bond acceptors (Lipinski definition) is 6. The maximum Gasteiger partial charge on any atom is 0.367 e. The first-order valence-corrected chi connectivity index (χ1v) is 7.07. The van der Waals surface area contributed by atoms with E-state index in [4.69, 9.17) is 9.47 Å². The average molecular weight is 284 g/mol. The molecule has 1 aromatic rings. The smallest absolute Gasteiger partial charge is 0.367 e. The van der Waals surface area contributed by atoms with Crippen molar-refractivity contribution in [2.75, 3.05) is 26.4 Å². The monoisotopic (exact) mass is 284 g/mol. The van der Waals surface area contributed by atoms with Crippen LogP contribution in [0.2, 0.25) is 0 Å². The van der Waals surface area contributed by atoms with E-state index in [0.717, 1.165) is 24.4 Å². The number of nitrogens with one attached hydrogen (secondary N) is 1. The van der Waals surface area contributed by atoms with Crippen molar-refractivity contribution in [2.24, 2.45) is 5.92 Å². The molecule has 6 nitrogen and oxygen atoms in total. The van der Waals surface area contributed by atoms with Crippen molar-refractivity contribution in [1.82, 2.24) is 10.3 Å². The molecule has 2 heterocycles. The predicted molar refractivity (Wildman–Crippen MR) is 69.3 cm³/mol. The third-order valence-electron chi connectivity index (χ3n) is 2.76. The van der Waals surface area contributed by atoms with E-state index >= 15 is 0 Å². The number of ether oxygens (including phenoxy) is 2. The van der Waals surface area contributed by atoms with E-state index in [1.165, 1.54) is 0 Å². The molecule has 7 heteroatoms. The van der Waals surface area contributed by atoms with Crippen LogP contribution >= 0.6 is 11.3 Å². The van der Waals surface area contributed by atoms with Gasteiger partial charge in [-0.2, -0.15) is 0 Å². The zero-order chi connectivity index (χ0) is 13.7. The number of thiazole rings is 1. The van der Waals surface area contributed by atoms with Crippen LogP contribution in [0, 0.1) is 5.92 Å². The minimum absolute atomic E-state index is 0.205. The number of rotatable bonds is 5. The number of nitrogens with zero attached hydrogens (tertiary/aromatic N) is 1. The van der Waals surface area contributed by atoms with Crippen molar-refractivity contribution in [3.05, 3.63) is 16.1 Å². The molecule has 104 valence electrons. The summed E-state index contributed by atoms with van der Waals surface area (Å²) in [6.45, 7) is 4.03. The van der Waals surface area contributed by atoms with Gasteiger partial charge in [-0.15, -0.1) is 11.3 Å². The molecule has 1 aliphatic heterocycles. The van der Waals surface area contributed by atoms with Gasteiger partial charge in [0.15, 0.2) is 0 Å². The number of amides is 1. The normalized spacial score (nSPS) is 18.3. The second kappa shape index (κ2) is 6.63. The highest BCUT2D eigenvalue weighted by atomic mass is 32.1. The Kier molecular flexibility index (Phi) is 4.86. The van der Waals surface area contributed by atoms with Crippen molar-refractivity contribution in [1.29, 1.82) is 0 Å². The van der Waals surface area contributed by atoms with Crippen LogP contribution in [0.15, 0.2) is 5.38 Å². The maximum absolute atomic E-state index is 11.8. The summed E-state index contributed by atoms with van der Waals surface area (Å²) in [4.78, 5) is 27.2. The van der Waals surface area contributed by atoms with Crippen LogP contribution in [0.3, 0.4) is 0 Å². The second-order valence-corrected chi connectivity index (χ2v) is 5.06. The fourth-order valence-corrected chi connectivity index (χ4v) is 2.43. The summed E-state index contributed by atoms with van der Waals surface area (Å²) in [6.07, 6.45) is 0.964. The molecule has 1 aliphatic rings. The maximum atomic E-state index is 11.8. The highest BCUT2D eigenvalue weighted by molar-refractivity contribution is 7.11. The fraction of sp³-hybridized carbons (Fsp3) is 0.583. The van der Waals surface area contributed by atoms with Gasteiger partial charge >= 0.3 is 5.97 Å². The third kappa shape index (κ3) is 3.74. The molecule has 0 spiro atoms. The number of carbonyl (C=O) groups is 2. The number of esters is 1. The average Bonchev–Trinajstić information content (AvgIpc) is 3.07. The van der Waals surface area contributed by atoms with Crippen molar-refractivity contribution in [3.63, 3.8) is 0 Å². The third-order valence-corrected chi connectivity index (χ3v) is 3.58. The SMILES string of the molecule is CCOC(=O)c1nc(C(=O)NCC2CCOC2)cs1. The molecule has 1 unspecified atom stereocenters.